The Morgan fingerprint density at radius 1 is 0.469 bits per heavy atom. The van der Waals surface area contributed by atoms with Gasteiger partial charge >= 0.3 is 0 Å². The van der Waals surface area contributed by atoms with Crippen LogP contribution in [0.5, 0.6) is 0 Å². The molecule has 0 saturated heterocycles. The van der Waals surface area contributed by atoms with E-state index in [1.165, 1.54) is 0 Å². The lowest BCUT2D eigenvalue weighted by Crippen LogP contribution is -2.37. The molecule has 2 aliphatic rings. The number of anilines is 2. The number of hydrogen-bond donors (Lipinski definition) is 2. The summed E-state index contributed by atoms with van der Waals surface area (Å²) in [4.78, 5) is 9.97. The van der Waals surface area contributed by atoms with Gasteiger partial charge in [-0.15, -0.1) is 0 Å². The molecule has 1 aliphatic heterocycles. The zero-order chi connectivity index (χ0) is 21.3. The van der Waals surface area contributed by atoms with Crippen LogP contribution in [0.15, 0.2) is 109 Å². The van der Waals surface area contributed by atoms with Gasteiger partial charge in [-0.2, -0.15) is 0 Å². The van der Waals surface area contributed by atoms with Crippen molar-refractivity contribution in [2.45, 2.75) is 12.1 Å². The number of pyridine rings is 2. The molecule has 4 heteroatoms. The molecule has 0 radical (unpaired) electrons. The van der Waals surface area contributed by atoms with Crippen molar-refractivity contribution in [1.82, 2.24) is 9.97 Å². The van der Waals surface area contributed by atoms with E-state index in [1.54, 1.807) is 0 Å². The van der Waals surface area contributed by atoms with Crippen LogP contribution in [0.25, 0.3) is 33.9 Å². The molecule has 0 amide bonds. The number of nitrogens with zero attached hydrogens (tertiary/aromatic N) is 2. The topological polar surface area (TPSA) is 49.8 Å². The lowest BCUT2D eigenvalue weighted by atomic mass is 9.99. The average Bonchev–Trinajstić information content (AvgIpc) is 2.86. The van der Waals surface area contributed by atoms with Gasteiger partial charge in [-0.05, 0) is 36.4 Å². The van der Waals surface area contributed by atoms with Crippen molar-refractivity contribution in [1.29, 1.82) is 0 Å². The zero-order valence-electron chi connectivity index (χ0n) is 17.4. The summed E-state index contributed by atoms with van der Waals surface area (Å²) in [5.74, 6) is 0. The third-order valence-electron chi connectivity index (χ3n) is 5.95. The summed E-state index contributed by atoms with van der Waals surface area (Å²) in [6.07, 6.45) is 8.59. The molecule has 154 valence electrons. The van der Waals surface area contributed by atoms with E-state index in [0.717, 1.165) is 45.3 Å². The number of hydrogen-bond acceptors (Lipinski definition) is 4. The first kappa shape index (κ1) is 18.6. The van der Waals surface area contributed by atoms with Gasteiger partial charge in [0.05, 0.1) is 34.9 Å². The summed E-state index contributed by atoms with van der Waals surface area (Å²) < 4.78 is 0. The van der Waals surface area contributed by atoms with Crippen molar-refractivity contribution >= 4 is 11.4 Å². The second-order valence-electron chi connectivity index (χ2n) is 8.02. The minimum atomic E-state index is 0.0830. The molecule has 4 aromatic rings. The van der Waals surface area contributed by atoms with E-state index in [-0.39, 0.29) is 12.1 Å². The molecule has 2 unspecified atom stereocenters. The van der Waals surface area contributed by atoms with E-state index in [4.69, 9.17) is 9.97 Å². The first-order chi connectivity index (χ1) is 15.8. The van der Waals surface area contributed by atoms with Crippen LogP contribution in [0.4, 0.5) is 11.4 Å². The highest BCUT2D eigenvalue weighted by atomic mass is 15.0. The van der Waals surface area contributed by atoms with E-state index in [0.29, 0.717) is 0 Å². The van der Waals surface area contributed by atoms with Gasteiger partial charge in [0.1, 0.15) is 0 Å². The second-order valence-corrected chi connectivity index (χ2v) is 8.02. The number of aromatic nitrogens is 2. The fourth-order valence-corrected chi connectivity index (χ4v) is 4.36. The van der Waals surface area contributed by atoms with Crippen LogP contribution < -0.4 is 10.6 Å². The minimum absolute atomic E-state index is 0.0830. The highest BCUT2D eigenvalue weighted by Gasteiger charge is 2.22. The molecule has 0 saturated carbocycles. The summed E-state index contributed by atoms with van der Waals surface area (Å²) >= 11 is 0. The van der Waals surface area contributed by atoms with Crippen molar-refractivity contribution in [2.75, 3.05) is 10.6 Å². The van der Waals surface area contributed by atoms with Crippen molar-refractivity contribution in [2.24, 2.45) is 0 Å². The van der Waals surface area contributed by atoms with Crippen LogP contribution >= 0.6 is 0 Å². The van der Waals surface area contributed by atoms with Crippen molar-refractivity contribution in [3.8, 4) is 33.9 Å². The monoisotopic (exact) mass is 414 g/mol. The fourth-order valence-electron chi connectivity index (χ4n) is 4.36. The van der Waals surface area contributed by atoms with Crippen LogP contribution in [-0.2, 0) is 0 Å². The van der Waals surface area contributed by atoms with Gasteiger partial charge in [0, 0.05) is 22.5 Å². The summed E-state index contributed by atoms with van der Waals surface area (Å²) in [5.41, 5.74) is 7.83. The molecule has 32 heavy (non-hydrogen) atoms. The van der Waals surface area contributed by atoms with Gasteiger partial charge in [-0.3, -0.25) is 0 Å². The first-order valence-corrected chi connectivity index (χ1v) is 10.9. The Bertz CT molecular complexity index is 1250. The lowest BCUT2D eigenvalue weighted by Gasteiger charge is -2.29. The number of benzene rings is 2. The number of para-hydroxylation sites is 2. The highest BCUT2D eigenvalue weighted by Crippen LogP contribution is 2.33. The Morgan fingerprint density at radius 2 is 0.906 bits per heavy atom. The second kappa shape index (κ2) is 7.82. The van der Waals surface area contributed by atoms with Crippen LogP contribution in [0.1, 0.15) is 0 Å². The Morgan fingerprint density at radius 3 is 1.41 bits per heavy atom. The van der Waals surface area contributed by atoms with E-state index in [1.807, 2.05) is 12.1 Å². The highest BCUT2D eigenvalue weighted by molar-refractivity contribution is 5.80. The molecular formula is C28H22N4. The molecule has 2 aromatic heterocycles. The van der Waals surface area contributed by atoms with E-state index < -0.39 is 0 Å². The Kier molecular flexibility index (Phi) is 4.54. The Labute approximate surface area is 187 Å². The Balaban J connectivity index is 1.59. The van der Waals surface area contributed by atoms with E-state index in [2.05, 4.69) is 108 Å². The van der Waals surface area contributed by atoms with Crippen molar-refractivity contribution in [3.63, 3.8) is 0 Å². The standard InChI is InChI=1S/C28H22N4/c1-3-11-21-19(9-1)23-15-7-17-27(31-23)28-18-8-16-24(32-28)20-10-2-4-12-22(20)30-26-14-6-5-13-25(26)29-21/h1-18,25-26,29-30H. The van der Waals surface area contributed by atoms with Gasteiger partial charge in [-0.25, -0.2) is 9.97 Å². The molecule has 1 aliphatic carbocycles. The van der Waals surface area contributed by atoms with E-state index in [9.17, 15) is 0 Å². The van der Waals surface area contributed by atoms with Gasteiger partial charge in [-0.1, -0.05) is 72.8 Å². The number of fused-ring (bicyclic) bond motifs is 10. The van der Waals surface area contributed by atoms with E-state index >= 15 is 0 Å². The fraction of sp³-hybridized carbons (Fsp3) is 0.0714. The third kappa shape index (κ3) is 3.36. The summed E-state index contributed by atoms with van der Waals surface area (Å²) in [6.45, 7) is 0. The van der Waals surface area contributed by atoms with Crippen LogP contribution in [0.2, 0.25) is 0 Å². The van der Waals surface area contributed by atoms with Crippen molar-refractivity contribution in [3.05, 3.63) is 109 Å². The van der Waals surface area contributed by atoms with Crippen molar-refractivity contribution < 1.29 is 0 Å². The maximum atomic E-state index is 4.99. The molecule has 6 rings (SSSR count). The minimum Gasteiger partial charge on any atom is -0.376 e. The number of allylic oxidation sites excluding steroid dienone is 2. The van der Waals surface area contributed by atoms with Gasteiger partial charge in [0.25, 0.3) is 0 Å². The molecule has 2 atom stereocenters. The third-order valence-corrected chi connectivity index (χ3v) is 5.95. The largest absolute Gasteiger partial charge is 0.376 e. The zero-order valence-corrected chi connectivity index (χ0v) is 17.4. The molecule has 2 aromatic carbocycles. The first-order valence-electron chi connectivity index (χ1n) is 10.9. The van der Waals surface area contributed by atoms with Crippen LogP contribution in [0, 0.1) is 0 Å². The lowest BCUT2D eigenvalue weighted by molar-refractivity contribution is 0.782. The molecule has 0 fully saturated rings. The van der Waals surface area contributed by atoms with Gasteiger partial charge in [0.2, 0.25) is 0 Å². The average molecular weight is 415 g/mol. The summed E-state index contributed by atoms with van der Waals surface area (Å²) in [7, 11) is 0. The molecule has 3 heterocycles. The summed E-state index contributed by atoms with van der Waals surface area (Å²) in [6, 6.07) is 29.1. The van der Waals surface area contributed by atoms with Gasteiger partial charge < -0.3 is 10.6 Å². The Hall–Kier alpha value is -4.18. The number of nitrogens with one attached hydrogen (secondary N) is 2. The SMILES string of the molecule is C1=CC2Nc3ccccc3-c3cccc(n3)-c3cccc(n3)-c3ccccc3NC2C=C1. The molecule has 2 N–H and O–H groups in total. The maximum Gasteiger partial charge on any atom is 0.0893 e. The molecular weight excluding hydrogens is 392 g/mol. The van der Waals surface area contributed by atoms with Crippen LogP contribution in [0.3, 0.4) is 0 Å². The quantitative estimate of drug-likeness (QED) is 0.361. The summed E-state index contributed by atoms with van der Waals surface area (Å²) in [5, 5.41) is 7.49. The molecule has 4 bridgehead atoms. The van der Waals surface area contributed by atoms with Gasteiger partial charge in [0.15, 0.2) is 0 Å². The number of rotatable bonds is 0. The van der Waals surface area contributed by atoms with Crippen LogP contribution in [-0.4, -0.2) is 22.1 Å². The molecule has 0 spiro atoms. The normalized spacial score (nSPS) is 18.2. The maximum absolute atomic E-state index is 4.99. The predicted octanol–water partition coefficient (Wildman–Crippen LogP) is 6.18. The molecule has 4 nitrogen and oxygen atoms in total. The predicted molar refractivity (Wildman–Crippen MR) is 131 cm³/mol. The smallest absolute Gasteiger partial charge is 0.0893 e.